The zero-order valence-corrected chi connectivity index (χ0v) is 23.1. The summed E-state index contributed by atoms with van der Waals surface area (Å²) in [4.78, 5) is 30.6. The van der Waals surface area contributed by atoms with Gasteiger partial charge in [0.1, 0.15) is 5.82 Å². The molecule has 0 aliphatic carbocycles. The van der Waals surface area contributed by atoms with Gasteiger partial charge in [-0.2, -0.15) is 13.2 Å². The zero-order valence-electron chi connectivity index (χ0n) is 23.1. The van der Waals surface area contributed by atoms with Crippen LogP contribution in [0.15, 0.2) is 65.8 Å². The Hall–Kier alpha value is -4.81. The van der Waals surface area contributed by atoms with E-state index in [4.69, 9.17) is 0 Å². The van der Waals surface area contributed by atoms with Crippen LogP contribution >= 0.6 is 0 Å². The van der Waals surface area contributed by atoms with Gasteiger partial charge < -0.3 is 4.57 Å². The molecule has 1 N–H and O–H groups in total. The highest BCUT2D eigenvalue weighted by Gasteiger charge is 2.42. The van der Waals surface area contributed by atoms with Crippen LogP contribution < -0.4 is 5.69 Å². The predicted octanol–water partition coefficient (Wildman–Crippen LogP) is 5.23. The lowest BCUT2D eigenvalue weighted by Gasteiger charge is -2.12. The molecule has 13 heteroatoms. The van der Waals surface area contributed by atoms with E-state index in [1.54, 1.807) is 12.4 Å². The van der Waals surface area contributed by atoms with Gasteiger partial charge in [-0.25, -0.2) is 9.89 Å². The van der Waals surface area contributed by atoms with Gasteiger partial charge in [0.2, 0.25) is 0 Å². The highest BCUT2D eigenvalue weighted by Crippen LogP contribution is 2.28. The molecule has 218 valence electrons. The van der Waals surface area contributed by atoms with Crippen LogP contribution in [0.25, 0.3) is 28.3 Å². The SMILES string of the molecule is CCCCc1cn(-c2c(C(=O)C(F)(F)F)ccn2CCC)c(=O)n1Cc1cc(-c2cccc(-c3nnn[nH]3)c2)ccn1. The van der Waals surface area contributed by atoms with E-state index < -0.39 is 23.2 Å². The van der Waals surface area contributed by atoms with Crippen molar-refractivity contribution in [3.05, 3.63) is 88.5 Å². The normalized spacial score (nSPS) is 11.7. The predicted molar refractivity (Wildman–Crippen MR) is 149 cm³/mol. The number of aryl methyl sites for hydroxylation is 2. The topological polar surface area (TPSA) is 116 Å². The van der Waals surface area contributed by atoms with Gasteiger partial charge in [-0.3, -0.25) is 18.9 Å². The number of hydrogen-bond donors (Lipinski definition) is 1. The van der Waals surface area contributed by atoms with Crippen molar-refractivity contribution in [3.8, 4) is 28.3 Å². The second-order valence-corrected chi connectivity index (χ2v) is 9.90. The van der Waals surface area contributed by atoms with E-state index in [0.717, 1.165) is 35.6 Å². The number of nitrogens with one attached hydrogen (secondary N) is 1. The molecular formula is C29H29F3N8O2. The van der Waals surface area contributed by atoms with Gasteiger partial charge in [-0.1, -0.05) is 38.5 Å². The Bertz CT molecular complexity index is 1750. The Morgan fingerprint density at radius 1 is 1.02 bits per heavy atom. The maximum atomic E-state index is 13.8. The minimum atomic E-state index is -5.07. The summed E-state index contributed by atoms with van der Waals surface area (Å²) in [6.45, 7) is 4.32. The van der Waals surface area contributed by atoms with E-state index in [0.29, 0.717) is 36.6 Å². The number of carbonyl (C=O) groups is 1. The molecule has 0 unspecified atom stereocenters. The first kappa shape index (κ1) is 28.7. The van der Waals surface area contributed by atoms with E-state index in [9.17, 15) is 22.8 Å². The molecule has 0 fully saturated rings. The highest BCUT2D eigenvalue weighted by atomic mass is 19.4. The minimum absolute atomic E-state index is 0.0823. The van der Waals surface area contributed by atoms with Gasteiger partial charge in [0.15, 0.2) is 5.82 Å². The second kappa shape index (κ2) is 12.0. The molecule has 0 aliphatic heterocycles. The van der Waals surface area contributed by atoms with Crippen LogP contribution in [-0.2, 0) is 19.5 Å². The van der Waals surface area contributed by atoms with Crippen LogP contribution in [-0.4, -0.2) is 51.3 Å². The summed E-state index contributed by atoms with van der Waals surface area (Å²) in [6, 6.07) is 12.5. The molecule has 5 rings (SSSR count). The van der Waals surface area contributed by atoms with Crippen molar-refractivity contribution >= 4 is 5.78 Å². The van der Waals surface area contributed by atoms with E-state index in [1.165, 1.54) is 19.9 Å². The van der Waals surface area contributed by atoms with E-state index in [-0.39, 0.29) is 12.4 Å². The molecule has 4 aromatic heterocycles. The Labute approximate surface area is 238 Å². The van der Waals surface area contributed by atoms with Crippen molar-refractivity contribution < 1.29 is 18.0 Å². The number of aromatic nitrogens is 8. The van der Waals surface area contributed by atoms with Crippen LogP contribution in [0.4, 0.5) is 13.2 Å². The number of alkyl halides is 3. The van der Waals surface area contributed by atoms with E-state index in [2.05, 4.69) is 25.6 Å². The maximum absolute atomic E-state index is 13.8. The molecular weight excluding hydrogens is 549 g/mol. The lowest BCUT2D eigenvalue weighted by atomic mass is 10.0. The molecule has 42 heavy (non-hydrogen) atoms. The first-order chi connectivity index (χ1) is 20.2. The Balaban J connectivity index is 1.56. The average molecular weight is 579 g/mol. The standard InChI is InChI=1S/C29H29F3N8O2/c1-3-5-9-23-18-40(27-24(25(41)29(30,31)32)11-14-38(27)13-4-2)28(42)39(23)17-22-16-20(10-12-33-22)19-7-6-8-21(15-19)26-34-36-37-35-26/h6-8,10-12,14-16,18H,3-5,9,13,17H2,1-2H3,(H,34,35,36,37). The number of pyridine rings is 1. The summed E-state index contributed by atoms with van der Waals surface area (Å²) < 4.78 is 44.6. The monoisotopic (exact) mass is 578 g/mol. The number of carbonyl (C=O) groups excluding carboxylic acids is 1. The average Bonchev–Trinajstić information content (AvgIpc) is 3.72. The number of aromatic amines is 1. The summed E-state index contributed by atoms with van der Waals surface area (Å²) in [5.74, 6) is -1.54. The van der Waals surface area contributed by atoms with Crippen LogP contribution in [0, 0.1) is 0 Å². The number of nitrogens with zero attached hydrogens (tertiary/aromatic N) is 7. The summed E-state index contributed by atoms with van der Waals surface area (Å²) in [7, 11) is 0. The molecule has 10 nitrogen and oxygen atoms in total. The third kappa shape index (κ3) is 5.80. The van der Waals surface area contributed by atoms with Gasteiger partial charge in [0.05, 0.1) is 17.8 Å². The van der Waals surface area contributed by atoms with Crippen molar-refractivity contribution in [2.24, 2.45) is 0 Å². The van der Waals surface area contributed by atoms with E-state index >= 15 is 0 Å². The van der Waals surface area contributed by atoms with Gasteiger partial charge >= 0.3 is 11.9 Å². The molecule has 0 bridgehead atoms. The fourth-order valence-electron chi connectivity index (χ4n) is 4.92. The summed E-state index contributed by atoms with van der Waals surface area (Å²) >= 11 is 0. The number of H-pyrrole nitrogens is 1. The molecule has 0 spiro atoms. The van der Waals surface area contributed by atoms with Crippen LogP contribution in [0.2, 0.25) is 0 Å². The third-order valence-electron chi connectivity index (χ3n) is 6.93. The Morgan fingerprint density at radius 3 is 2.52 bits per heavy atom. The number of benzene rings is 1. The number of imidazole rings is 1. The molecule has 1 aromatic carbocycles. The largest absolute Gasteiger partial charge is 0.455 e. The maximum Gasteiger partial charge on any atom is 0.455 e. The van der Waals surface area contributed by atoms with Gasteiger partial charge in [-0.15, -0.1) is 5.10 Å². The van der Waals surface area contributed by atoms with Crippen molar-refractivity contribution in [3.63, 3.8) is 0 Å². The Morgan fingerprint density at radius 2 is 1.81 bits per heavy atom. The number of ketones is 1. The van der Waals surface area contributed by atoms with Crippen LogP contribution in [0.5, 0.6) is 0 Å². The number of Topliss-reactive ketones (excluding diaryl/α,β-unsaturated/α-hetero) is 1. The van der Waals surface area contributed by atoms with Crippen molar-refractivity contribution in [1.82, 2.24) is 39.3 Å². The van der Waals surface area contributed by atoms with Crippen LogP contribution in [0.1, 0.15) is 54.9 Å². The van der Waals surface area contributed by atoms with Gasteiger partial charge in [0, 0.05) is 36.4 Å². The van der Waals surface area contributed by atoms with Crippen molar-refractivity contribution in [2.75, 3.05) is 0 Å². The molecule has 0 aliphatic rings. The first-order valence-electron chi connectivity index (χ1n) is 13.6. The molecule has 0 atom stereocenters. The first-order valence-corrected chi connectivity index (χ1v) is 13.6. The van der Waals surface area contributed by atoms with E-state index in [1.807, 2.05) is 50.2 Å². The summed E-state index contributed by atoms with van der Waals surface area (Å²) in [6.07, 6.45) is 2.29. The molecule has 0 saturated carbocycles. The quantitative estimate of drug-likeness (QED) is 0.215. The molecule has 0 radical (unpaired) electrons. The molecule has 0 saturated heterocycles. The Kier molecular flexibility index (Phi) is 8.18. The molecule has 5 aromatic rings. The fourth-order valence-corrected chi connectivity index (χ4v) is 4.92. The molecule has 4 heterocycles. The van der Waals surface area contributed by atoms with Crippen LogP contribution in [0.3, 0.4) is 0 Å². The molecule has 0 amide bonds. The minimum Gasteiger partial charge on any atom is -0.333 e. The number of tetrazole rings is 1. The fraction of sp³-hybridized carbons (Fsp3) is 0.310. The lowest BCUT2D eigenvalue weighted by molar-refractivity contribution is -0.0885. The number of rotatable bonds is 11. The zero-order chi connectivity index (χ0) is 29.9. The summed E-state index contributed by atoms with van der Waals surface area (Å²) in [5.41, 5.74) is 2.67. The number of hydrogen-bond acceptors (Lipinski definition) is 6. The number of halogens is 3. The lowest BCUT2D eigenvalue weighted by Crippen LogP contribution is -2.29. The van der Waals surface area contributed by atoms with Crippen molar-refractivity contribution in [2.45, 2.75) is 58.8 Å². The second-order valence-electron chi connectivity index (χ2n) is 9.90. The third-order valence-corrected chi connectivity index (χ3v) is 6.93. The van der Waals surface area contributed by atoms with Crippen molar-refractivity contribution in [1.29, 1.82) is 0 Å². The number of unbranched alkanes of at least 4 members (excludes halogenated alkanes) is 1. The summed E-state index contributed by atoms with van der Waals surface area (Å²) in [5, 5.41) is 13.9. The van der Waals surface area contributed by atoms with Gasteiger partial charge in [-0.05, 0) is 65.1 Å². The van der Waals surface area contributed by atoms with Gasteiger partial charge in [0.25, 0.3) is 5.78 Å². The highest BCUT2D eigenvalue weighted by molar-refractivity contribution is 6.03. The smallest absolute Gasteiger partial charge is 0.333 e.